The van der Waals surface area contributed by atoms with Gasteiger partial charge in [0.25, 0.3) is 0 Å². The van der Waals surface area contributed by atoms with E-state index in [4.69, 9.17) is 4.74 Å². The van der Waals surface area contributed by atoms with Gasteiger partial charge >= 0.3 is 5.97 Å². The zero-order valence-electron chi connectivity index (χ0n) is 16.3. The Labute approximate surface area is 165 Å². The van der Waals surface area contributed by atoms with Crippen LogP contribution >= 0.6 is 0 Å². The Bertz CT molecular complexity index is 972. The summed E-state index contributed by atoms with van der Waals surface area (Å²) < 4.78 is 30.7. The third-order valence-corrected chi connectivity index (χ3v) is 5.23. The number of carbonyl (C=O) groups is 2. The Morgan fingerprint density at radius 3 is 2.43 bits per heavy atom. The van der Waals surface area contributed by atoms with Crippen molar-refractivity contribution in [3.63, 3.8) is 0 Å². The van der Waals surface area contributed by atoms with Crippen LogP contribution < -0.4 is 9.62 Å². The van der Waals surface area contributed by atoms with E-state index in [1.165, 1.54) is 13.0 Å². The molecular formula is C20H24N2O5S. The largest absolute Gasteiger partial charge is 0.462 e. The van der Waals surface area contributed by atoms with Crippen molar-refractivity contribution >= 4 is 33.3 Å². The van der Waals surface area contributed by atoms with Crippen molar-refractivity contribution in [2.24, 2.45) is 0 Å². The van der Waals surface area contributed by atoms with Gasteiger partial charge in [-0.05, 0) is 56.7 Å². The minimum absolute atomic E-state index is 0.242. The molecule has 0 aliphatic rings. The standard InChI is InChI=1S/C20H24N2O5S/c1-5-27-20(24)16-9-7-10-17(13-16)21-19(23)15(3)22(28(4,25)26)18-11-6-8-14(2)12-18/h6-13,15H,5H2,1-4H3,(H,21,23)/t15-/m0/s1. The molecule has 1 amide bonds. The predicted molar refractivity (Wildman–Crippen MR) is 109 cm³/mol. The first-order valence-corrected chi connectivity index (χ1v) is 10.6. The van der Waals surface area contributed by atoms with Gasteiger partial charge in [0.1, 0.15) is 6.04 Å². The number of esters is 1. The number of rotatable bonds is 7. The second-order valence-corrected chi connectivity index (χ2v) is 8.22. The molecule has 7 nitrogen and oxygen atoms in total. The molecule has 0 aliphatic heterocycles. The lowest BCUT2D eigenvalue weighted by molar-refractivity contribution is -0.116. The minimum Gasteiger partial charge on any atom is -0.462 e. The van der Waals surface area contributed by atoms with Crippen molar-refractivity contribution < 1.29 is 22.7 Å². The highest BCUT2D eigenvalue weighted by Crippen LogP contribution is 2.23. The minimum atomic E-state index is -3.70. The lowest BCUT2D eigenvalue weighted by atomic mass is 10.2. The summed E-state index contributed by atoms with van der Waals surface area (Å²) in [4.78, 5) is 24.6. The first-order valence-electron chi connectivity index (χ1n) is 8.77. The molecule has 28 heavy (non-hydrogen) atoms. The first kappa shape index (κ1) is 21.4. The fourth-order valence-corrected chi connectivity index (χ4v) is 3.93. The molecule has 1 N–H and O–H groups in total. The summed E-state index contributed by atoms with van der Waals surface area (Å²) in [5, 5.41) is 2.66. The maximum absolute atomic E-state index is 12.7. The van der Waals surface area contributed by atoms with Gasteiger partial charge in [0.2, 0.25) is 15.9 Å². The number of amides is 1. The molecule has 0 spiro atoms. The number of anilines is 2. The second-order valence-electron chi connectivity index (χ2n) is 6.36. The number of hydrogen-bond acceptors (Lipinski definition) is 5. The van der Waals surface area contributed by atoms with E-state index < -0.39 is 27.9 Å². The van der Waals surface area contributed by atoms with Crippen molar-refractivity contribution in [3.8, 4) is 0 Å². The molecular weight excluding hydrogens is 380 g/mol. The molecule has 2 aromatic carbocycles. The van der Waals surface area contributed by atoms with Crippen LogP contribution in [0.2, 0.25) is 0 Å². The molecule has 0 saturated carbocycles. The van der Waals surface area contributed by atoms with E-state index in [0.717, 1.165) is 16.1 Å². The highest BCUT2D eigenvalue weighted by molar-refractivity contribution is 7.92. The van der Waals surface area contributed by atoms with E-state index in [2.05, 4.69) is 5.32 Å². The summed E-state index contributed by atoms with van der Waals surface area (Å²) >= 11 is 0. The summed E-state index contributed by atoms with van der Waals surface area (Å²) in [5.74, 6) is -1.02. The van der Waals surface area contributed by atoms with Crippen molar-refractivity contribution in [3.05, 3.63) is 59.7 Å². The summed E-state index contributed by atoms with van der Waals surface area (Å²) in [5.41, 5.74) is 1.96. The van der Waals surface area contributed by atoms with Crippen LogP contribution in [0.5, 0.6) is 0 Å². The molecule has 0 radical (unpaired) electrons. The van der Waals surface area contributed by atoms with Gasteiger partial charge in [-0.25, -0.2) is 13.2 Å². The number of nitrogens with one attached hydrogen (secondary N) is 1. The smallest absolute Gasteiger partial charge is 0.338 e. The average molecular weight is 404 g/mol. The molecule has 0 unspecified atom stereocenters. The van der Waals surface area contributed by atoms with Crippen LogP contribution in [0.1, 0.15) is 29.8 Å². The van der Waals surface area contributed by atoms with Gasteiger partial charge in [-0.15, -0.1) is 0 Å². The van der Waals surface area contributed by atoms with E-state index in [1.54, 1.807) is 43.3 Å². The van der Waals surface area contributed by atoms with Crippen LogP contribution in [0.4, 0.5) is 11.4 Å². The maximum atomic E-state index is 12.7. The Kier molecular flexibility index (Phi) is 6.80. The Morgan fingerprint density at radius 2 is 1.82 bits per heavy atom. The molecule has 0 bridgehead atoms. The summed E-state index contributed by atoms with van der Waals surface area (Å²) in [6, 6.07) is 12.2. The van der Waals surface area contributed by atoms with Crippen LogP contribution in [0.3, 0.4) is 0 Å². The lowest BCUT2D eigenvalue weighted by Crippen LogP contribution is -2.45. The molecule has 2 rings (SSSR count). The normalized spacial score (nSPS) is 12.1. The van der Waals surface area contributed by atoms with Crippen LogP contribution in [0, 0.1) is 6.92 Å². The van der Waals surface area contributed by atoms with E-state index in [-0.39, 0.29) is 6.61 Å². The first-order chi connectivity index (χ1) is 13.1. The van der Waals surface area contributed by atoms with Crippen molar-refractivity contribution in [1.29, 1.82) is 0 Å². The molecule has 0 saturated heterocycles. The molecule has 8 heteroatoms. The zero-order valence-corrected chi connectivity index (χ0v) is 17.1. The molecule has 1 atom stereocenters. The third kappa shape index (κ3) is 5.32. The van der Waals surface area contributed by atoms with Gasteiger partial charge in [-0.3, -0.25) is 9.10 Å². The summed E-state index contributed by atoms with van der Waals surface area (Å²) in [6.45, 7) is 5.30. The highest BCUT2D eigenvalue weighted by atomic mass is 32.2. The summed E-state index contributed by atoms with van der Waals surface area (Å²) in [6.07, 6.45) is 1.06. The van der Waals surface area contributed by atoms with Gasteiger partial charge < -0.3 is 10.1 Å². The number of ether oxygens (including phenoxy) is 1. The number of benzene rings is 2. The van der Waals surface area contributed by atoms with Crippen molar-refractivity contribution in [2.75, 3.05) is 22.5 Å². The number of carbonyl (C=O) groups excluding carboxylic acids is 2. The van der Waals surface area contributed by atoms with Gasteiger partial charge in [0.15, 0.2) is 0 Å². The average Bonchev–Trinajstić information content (AvgIpc) is 2.61. The van der Waals surface area contributed by atoms with E-state index >= 15 is 0 Å². The zero-order chi connectivity index (χ0) is 20.9. The predicted octanol–water partition coefficient (Wildman–Crippen LogP) is 2.96. The van der Waals surface area contributed by atoms with Gasteiger partial charge in [0, 0.05) is 5.69 Å². The SMILES string of the molecule is CCOC(=O)c1cccc(NC(=O)[C@H](C)N(c2cccc(C)c2)S(C)(=O)=O)c1. The van der Waals surface area contributed by atoms with E-state index in [0.29, 0.717) is 16.9 Å². The maximum Gasteiger partial charge on any atom is 0.338 e. The third-order valence-electron chi connectivity index (χ3n) is 3.99. The topological polar surface area (TPSA) is 92.8 Å². The van der Waals surface area contributed by atoms with Crippen molar-refractivity contribution in [1.82, 2.24) is 0 Å². The summed E-state index contributed by atoms with van der Waals surface area (Å²) in [7, 11) is -3.70. The number of hydrogen-bond donors (Lipinski definition) is 1. The molecule has 0 aliphatic carbocycles. The molecule has 2 aromatic rings. The molecule has 0 fully saturated rings. The second kappa shape index (κ2) is 8.88. The molecule has 0 aromatic heterocycles. The monoisotopic (exact) mass is 404 g/mol. The van der Waals surface area contributed by atoms with Crippen molar-refractivity contribution in [2.45, 2.75) is 26.8 Å². The molecule has 0 heterocycles. The van der Waals surface area contributed by atoms with Gasteiger partial charge in [0.05, 0.1) is 24.1 Å². The van der Waals surface area contributed by atoms with E-state index in [1.807, 2.05) is 13.0 Å². The van der Waals surface area contributed by atoms with Gasteiger partial charge in [-0.1, -0.05) is 18.2 Å². The molecule has 150 valence electrons. The number of aryl methyl sites for hydroxylation is 1. The van der Waals surface area contributed by atoms with Crippen LogP contribution in [-0.2, 0) is 19.6 Å². The van der Waals surface area contributed by atoms with Crippen LogP contribution in [0.15, 0.2) is 48.5 Å². The fourth-order valence-electron chi connectivity index (χ4n) is 2.76. The fraction of sp³-hybridized carbons (Fsp3) is 0.300. The van der Waals surface area contributed by atoms with Crippen LogP contribution in [-0.4, -0.2) is 39.2 Å². The highest BCUT2D eigenvalue weighted by Gasteiger charge is 2.29. The quantitative estimate of drug-likeness (QED) is 0.716. The Morgan fingerprint density at radius 1 is 1.14 bits per heavy atom. The van der Waals surface area contributed by atoms with Gasteiger partial charge in [-0.2, -0.15) is 0 Å². The lowest BCUT2D eigenvalue weighted by Gasteiger charge is -2.28. The van der Waals surface area contributed by atoms with Crippen LogP contribution in [0.25, 0.3) is 0 Å². The Hall–Kier alpha value is -2.87. The number of sulfonamides is 1. The Balaban J connectivity index is 2.27. The number of nitrogens with zero attached hydrogens (tertiary/aromatic N) is 1. The van der Waals surface area contributed by atoms with E-state index in [9.17, 15) is 18.0 Å².